The van der Waals surface area contributed by atoms with Crippen LogP contribution in [0.1, 0.15) is 33.6 Å². The van der Waals surface area contributed by atoms with Crippen molar-refractivity contribution < 1.29 is 18.0 Å². The number of carbonyl (C=O) groups is 2. The van der Waals surface area contributed by atoms with Gasteiger partial charge in [0, 0.05) is 25.7 Å². The van der Waals surface area contributed by atoms with Gasteiger partial charge in [0.2, 0.25) is 21.8 Å². The highest BCUT2D eigenvalue weighted by Gasteiger charge is 2.28. The van der Waals surface area contributed by atoms with E-state index in [0.717, 1.165) is 12.8 Å². The van der Waals surface area contributed by atoms with E-state index in [1.54, 1.807) is 12.1 Å². The number of nitrogens with one attached hydrogen (secondary N) is 2. The monoisotopic (exact) mass is 367 g/mol. The summed E-state index contributed by atoms with van der Waals surface area (Å²) in [7, 11) is -3.54. The van der Waals surface area contributed by atoms with Crippen molar-refractivity contribution in [2.75, 3.05) is 18.4 Å². The quantitative estimate of drug-likeness (QED) is 0.798. The predicted molar refractivity (Wildman–Crippen MR) is 95.5 cm³/mol. The smallest absolute Gasteiger partial charge is 0.247 e. The van der Waals surface area contributed by atoms with Gasteiger partial charge in [0.25, 0.3) is 0 Å². The van der Waals surface area contributed by atoms with Crippen molar-refractivity contribution in [1.29, 1.82) is 0 Å². The lowest BCUT2D eigenvalue weighted by Gasteiger charge is -2.21. The number of anilines is 1. The summed E-state index contributed by atoms with van der Waals surface area (Å²) >= 11 is 0. The first-order valence-corrected chi connectivity index (χ1v) is 9.84. The third-order valence-electron chi connectivity index (χ3n) is 4.11. The van der Waals surface area contributed by atoms with E-state index in [4.69, 9.17) is 0 Å². The molecule has 1 heterocycles. The van der Waals surface area contributed by atoms with Crippen LogP contribution >= 0.6 is 0 Å². The molecule has 1 aliphatic rings. The summed E-state index contributed by atoms with van der Waals surface area (Å²) in [6.45, 7) is 6.06. The molecule has 2 N–H and O–H groups in total. The molecule has 0 aliphatic carbocycles. The summed E-state index contributed by atoms with van der Waals surface area (Å²) in [4.78, 5) is 23.9. The molecule has 0 bridgehead atoms. The van der Waals surface area contributed by atoms with Crippen molar-refractivity contribution in [3.63, 3.8) is 0 Å². The van der Waals surface area contributed by atoms with Gasteiger partial charge in [-0.05, 0) is 37.0 Å². The maximum absolute atomic E-state index is 12.6. The molecule has 1 aromatic rings. The molecule has 0 saturated carbocycles. The number of carbonyl (C=O) groups excluding carboxylic acids is 2. The topological polar surface area (TPSA) is 95.6 Å². The Labute approximate surface area is 148 Å². The Balaban J connectivity index is 2.18. The second-order valence-electron chi connectivity index (χ2n) is 6.55. The summed E-state index contributed by atoms with van der Waals surface area (Å²) in [6, 6.07) is 5.53. The number of hydrogen-bond donors (Lipinski definition) is 2. The van der Waals surface area contributed by atoms with Crippen molar-refractivity contribution in [3.8, 4) is 0 Å². The van der Waals surface area contributed by atoms with E-state index in [-0.39, 0.29) is 22.6 Å². The maximum Gasteiger partial charge on any atom is 0.247 e. The fourth-order valence-electron chi connectivity index (χ4n) is 2.79. The van der Waals surface area contributed by atoms with Crippen LogP contribution in [-0.4, -0.2) is 43.7 Å². The maximum atomic E-state index is 12.6. The molecule has 0 spiro atoms. The largest absolute Gasteiger partial charge is 0.344 e. The van der Waals surface area contributed by atoms with Gasteiger partial charge in [-0.3, -0.25) is 9.59 Å². The minimum Gasteiger partial charge on any atom is -0.344 e. The molecule has 1 unspecified atom stereocenters. The van der Waals surface area contributed by atoms with E-state index in [1.807, 2.05) is 13.8 Å². The van der Waals surface area contributed by atoms with Gasteiger partial charge < -0.3 is 10.6 Å². The second kappa shape index (κ2) is 7.97. The average molecular weight is 367 g/mol. The Hall–Kier alpha value is -1.93. The molecule has 7 nitrogen and oxygen atoms in total. The molecule has 8 heteroatoms. The normalized spacial score (nSPS) is 16.6. The van der Waals surface area contributed by atoms with E-state index in [2.05, 4.69) is 10.6 Å². The molecule has 1 aromatic carbocycles. The molecule has 2 rings (SSSR count). The molecule has 0 radical (unpaired) electrons. The van der Waals surface area contributed by atoms with Crippen LogP contribution in [0.4, 0.5) is 5.69 Å². The van der Waals surface area contributed by atoms with Crippen LogP contribution < -0.4 is 10.6 Å². The van der Waals surface area contributed by atoms with E-state index < -0.39 is 16.1 Å². The summed E-state index contributed by atoms with van der Waals surface area (Å²) in [5.74, 6) is -0.763. The number of hydrogen-bond acceptors (Lipinski definition) is 4. The van der Waals surface area contributed by atoms with Crippen LogP contribution in [-0.2, 0) is 19.6 Å². The zero-order valence-corrected chi connectivity index (χ0v) is 15.6. The van der Waals surface area contributed by atoms with Crippen LogP contribution in [0.25, 0.3) is 0 Å². The van der Waals surface area contributed by atoms with Crippen LogP contribution in [0, 0.1) is 5.92 Å². The zero-order valence-electron chi connectivity index (χ0n) is 14.8. The number of benzene rings is 1. The Morgan fingerprint density at radius 2 is 1.80 bits per heavy atom. The van der Waals surface area contributed by atoms with Crippen molar-refractivity contribution in [1.82, 2.24) is 9.62 Å². The lowest BCUT2D eigenvalue weighted by Crippen LogP contribution is -2.46. The molecule has 25 heavy (non-hydrogen) atoms. The highest BCUT2D eigenvalue weighted by atomic mass is 32.2. The minimum absolute atomic E-state index is 0.0968. The predicted octanol–water partition coefficient (Wildman–Crippen LogP) is 1.57. The van der Waals surface area contributed by atoms with Gasteiger partial charge in [-0.25, -0.2) is 8.42 Å². The highest BCUT2D eigenvalue weighted by molar-refractivity contribution is 7.89. The summed E-state index contributed by atoms with van der Waals surface area (Å²) in [6.07, 6.45) is 1.73. The van der Waals surface area contributed by atoms with Gasteiger partial charge in [0.05, 0.1) is 4.90 Å². The van der Waals surface area contributed by atoms with Crippen molar-refractivity contribution in [2.45, 2.75) is 44.6 Å². The Morgan fingerprint density at radius 1 is 1.16 bits per heavy atom. The Kier molecular flexibility index (Phi) is 6.18. The average Bonchev–Trinajstić information content (AvgIpc) is 3.07. The van der Waals surface area contributed by atoms with Gasteiger partial charge in [-0.2, -0.15) is 4.31 Å². The minimum atomic E-state index is -3.54. The van der Waals surface area contributed by atoms with Crippen molar-refractivity contribution >= 4 is 27.5 Å². The fraction of sp³-hybridized carbons (Fsp3) is 0.529. The van der Waals surface area contributed by atoms with E-state index in [9.17, 15) is 18.0 Å². The summed E-state index contributed by atoms with van der Waals surface area (Å²) < 4.78 is 26.7. The van der Waals surface area contributed by atoms with Gasteiger partial charge in [0.15, 0.2) is 0 Å². The fourth-order valence-corrected chi connectivity index (χ4v) is 4.35. The lowest BCUT2D eigenvalue weighted by atomic mass is 10.0. The molecule has 1 aliphatic heterocycles. The standard InChI is InChI=1S/C17H25N3O4S/c1-12(2)16(18-13(3)21)17(22)19-14-7-6-8-15(11-14)25(23,24)20-9-4-5-10-20/h6-8,11-12,16H,4-5,9-10H2,1-3H3,(H,18,21)(H,19,22). The molecular weight excluding hydrogens is 342 g/mol. The van der Waals surface area contributed by atoms with Gasteiger partial charge >= 0.3 is 0 Å². The first-order chi connectivity index (χ1) is 11.7. The molecule has 1 saturated heterocycles. The van der Waals surface area contributed by atoms with Crippen LogP contribution in [0.3, 0.4) is 0 Å². The Morgan fingerprint density at radius 3 is 2.36 bits per heavy atom. The van der Waals surface area contributed by atoms with E-state index in [0.29, 0.717) is 18.8 Å². The number of amides is 2. The number of sulfonamides is 1. The van der Waals surface area contributed by atoms with Crippen molar-refractivity contribution in [3.05, 3.63) is 24.3 Å². The molecule has 138 valence electrons. The summed E-state index contributed by atoms with van der Waals surface area (Å²) in [5, 5.41) is 5.31. The van der Waals surface area contributed by atoms with Gasteiger partial charge in [-0.15, -0.1) is 0 Å². The molecular formula is C17H25N3O4S. The SMILES string of the molecule is CC(=O)NC(C(=O)Nc1cccc(S(=O)(=O)N2CCCC2)c1)C(C)C. The molecule has 0 aromatic heterocycles. The second-order valence-corrected chi connectivity index (χ2v) is 8.49. The van der Waals surface area contributed by atoms with Crippen molar-refractivity contribution in [2.24, 2.45) is 5.92 Å². The zero-order chi connectivity index (χ0) is 18.6. The molecule has 2 amide bonds. The van der Waals surface area contributed by atoms with Crippen LogP contribution in [0.15, 0.2) is 29.2 Å². The third-order valence-corrected chi connectivity index (χ3v) is 6.01. The van der Waals surface area contributed by atoms with Gasteiger partial charge in [0.1, 0.15) is 6.04 Å². The lowest BCUT2D eigenvalue weighted by molar-refractivity contribution is -0.126. The summed E-state index contributed by atoms with van der Waals surface area (Å²) in [5.41, 5.74) is 0.390. The van der Waals surface area contributed by atoms with Crippen LogP contribution in [0.5, 0.6) is 0 Å². The number of rotatable bonds is 6. The molecule has 1 fully saturated rings. The molecule has 1 atom stereocenters. The highest BCUT2D eigenvalue weighted by Crippen LogP contribution is 2.23. The third kappa shape index (κ3) is 4.79. The van der Waals surface area contributed by atoms with E-state index >= 15 is 0 Å². The van der Waals surface area contributed by atoms with Crippen LogP contribution in [0.2, 0.25) is 0 Å². The first kappa shape index (κ1) is 19.4. The Bertz CT molecular complexity index is 740. The first-order valence-electron chi connectivity index (χ1n) is 8.40. The van der Waals surface area contributed by atoms with E-state index in [1.165, 1.54) is 23.4 Å². The van der Waals surface area contributed by atoms with Gasteiger partial charge in [-0.1, -0.05) is 19.9 Å². The number of nitrogens with zero attached hydrogens (tertiary/aromatic N) is 1.